The monoisotopic (exact) mass is 337 g/mol. The lowest BCUT2D eigenvalue weighted by Crippen LogP contribution is -2.47. The molecule has 2 amide bonds. The predicted octanol–water partition coefficient (Wildman–Crippen LogP) is 2.28. The van der Waals surface area contributed by atoms with Crippen LogP contribution < -0.4 is 10.6 Å². The van der Waals surface area contributed by atoms with Crippen molar-refractivity contribution in [3.63, 3.8) is 0 Å². The van der Waals surface area contributed by atoms with Gasteiger partial charge in [0.1, 0.15) is 5.82 Å². The number of hydrogen-bond donors (Lipinski definition) is 3. The summed E-state index contributed by atoms with van der Waals surface area (Å²) in [7, 11) is 0. The summed E-state index contributed by atoms with van der Waals surface area (Å²) in [6, 6.07) is 5.61. The molecular formula is C18H28FN3O2. The largest absolute Gasteiger partial charge is 0.387 e. The zero-order valence-electron chi connectivity index (χ0n) is 14.5. The van der Waals surface area contributed by atoms with E-state index in [9.17, 15) is 14.3 Å². The molecule has 1 aromatic rings. The number of nitrogens with zero attached hydrogens (tertiary/aromatic N) is 1. The van der Waals surface area contributed by atoms with Gasteiger partial charge in [-0.25, -0.2) is 9.18 Å². The Kier molecular flexibility index (Phi) is 6.99. The molecule has 1 aliphatic heterocycles. The first-order valence-corrected chi connectivity index (χ1v) is 8.65. The smallest absolute Gasteiger partial charge is 0.314 e. The van der Waals surface area contributed by atoms with Gasteiger partial charge in [-0.05, 0) is 56.5 Å². The van der Waals surface area contributed by atoms with Gasteiger partial charge in [0.25, 0.3) is 0 Å². The first-order chi connectivity index (χ1) is 11.5. The molecule has 24 heavy (non-hydrogen) atoms. The van der Waals surface area contributed by atoms with E-state index in [1.165, 1.54) is 37.1 Å². The highest BCUT2D eigenvalue weighted by Crippen LogP contribution is 2.17. The van der Waals surface area contributed by atoms with Crippen molar-refractivity contribution in [2.75, 3.05) is 26.2 Å². The average molecular weight is 337 g/mol. The molecule has 1 aliphatic rings. The van der Waals surface area contributed by atoms with Crippen molar-refractivity contribution >= 4 is 6.03 Å². The summed E-state index contributed by atoms with van der Waals surface area (Å²) >= 11 is 0. The number of likely N-dealkylation sites (tertiary alicyclic amines) is 1. The zero-order valence-corrected chi connectivity index (χ0v) is 14.5. The van der Waals surface area contributed by atoms with E-state index in [0.717, 1.165) is 19.0 Å². The van der Waals surface area contributed by atoms with Gasteiger partial charge in [-0.2, -0.15) is 0 Å². The minimum absolute atomic E-state index is 0.0904. The Labute approximate surface area is 143 Å². The minimum atomic E-state index is -0.850. The van der Waals surface area contributed by atoms with Crippen molar-refractivity contribution in [2.24, 2.45) is 5.92 Å². The normalized spacial score (nSPS) is 18.8. The molecule has 1 aromatic carbocycles. The van der Waals surface area contributed by atoms with Crippen molar-refractivity contribution in [3.05, 3.63) is 35.6 Å². The van der Waals surface area contributed by atoms with Gasteiger partial charge in [0.2, 0.25) is 0 Å². The molecular weight excluding hydrogens is 309 g/mol. The summed E-state index contributed by atoms with van der Waals surface area (Å²) < 4.78 is 12.8. The summed E-state index contributed by atoms with van der Waals surface area (Å²) in [5, 5.41) is 15.5. The quantitative estimate of drug-likeness (QED) is 0.746. The maximum absolute atomic E-state index is 12.8. The Morgan fingerprint density at radius 2 is 1.83 bits per heavy atom. The fourth-order valence-corrected chi connectivity index (χ4v) is 2.89. The number of urea groups is 1. The fourth-order valence-electron chi connectivity index (χ4n) is 2.89. The number of benzene rings is 1. The summed E-state index contributed by atoms with van der Waals surface area (Å²) in [6.45, 7) is 7.22. The van der Waals surface area contributed by atoms with E-state index >= 15 is 0 Å². The molecule has 1 fully saturated rings. The van der Waals surface area contributed by atoms with Crippen LogP contribution in [0.2, 0.25) is 0 Å². The number of rotatable bonds is 6. The number of hydrogen-bond acceptors (Lipinski definition) is 3. The van der Waals surface area contributed by atoms with E-state index in [0.29, 0.717) is 18.2 Å². The molecule has 2 rings (SSSR count). The SMILES string of the molecule is CC1CCN(C(C)CNC(=O)NCC(O)c2ccc(F)cc2)CC1. The van der Waals surface area contributed by atoms with Crippen LogP contribution in [0.3, 0.4) is 0 Å². The van der Waals surface area contributed by atoms with Crippen LogP contribution in [0, 0.1) is 11.7 Å². The lowest BCUT2D eigenvalue weighted by Gasteiger charge is -2.35. The number of aliphatic hydroxyl groups is 1. The Bertz CT molecular complexity index is 516. The molecule has 6 heteroatoms. The second-order valence-electron chi connectivity index (χ2n) is 6.73. The van der Waals surface area contributed by atoms with E-state index in [2.05, 4.69) is 29.4 Å². The van der Waals surface area contributed by atoms with Crippen LogP contribution in [0.15, 0.2) is 24.3 Å². The number of carbonyl (C=O) groups excluding carboxylic acids is 1. The van der Waals surface area contributed by atoms with Crippen molar-refractivity contribution < 1.29 is 14.3 Å². The molecule has 0 radical (unpaired) electrons. The van der Waals surface area contributed by atoms with Gasteiger partial charge in [-0.3, -0.25) is 4.90 Å². The number of carbonyl (C=O) groups is 1. The van der Waals surface area contributed by atoms with Crippen LogP contribution in [-0.4, -0.2) is 48.3 Å². The highest BCUT2D eigenvalue weighted by molar-refractivity contribution is 5.73. The molecule has 5 nitrogen and oxygen atoms in total. The molecule has 3 N–H and O–H groups in total. The van der Waals surface area contributed by atoms with Crippen molar-refractivity contribution in [2.45, 2.75) is 38.8 Å². The maximum Gasteiger partial charge on any atom is 0.314 e. The van der Waals surface area contributed by atoms with Gasteiger partial charge in [-0.15, -0.1) is 0 Å². The Morgan fingerprint density at radius 1 is 1.25 bits per heavy atom. The number of piperidine rings is 1. The number of aliphatic hydroxyl groups excluding tert-OH is 1. The lowest BCUT2D eigenvalue weighted by atomic mass is 9.98. The van der Waals surface area contributed by atoms with Crippen LogP contribution in [0.4, 0.5) is 9.18 Å². The summed E-state index contributed by atoms with van der Waals surface area (Å²) in [4.78, 5) is 14.3. The standard InChI is InChI=1S/C18H28FN3O2/c1-13-7-9-22(10-8-13)14(2)11-20-18(24)21-12-17(23)15-3-5-16(19)6-4-15/h3-6,13-14,17,23H,7-12H2,1-2H3,(H2,20,21,24). The van der Waals surface area contributed by atoms with E-state index < -0.39 is 6.10 Å². The molecule has 0 spiro atoms. The molecule has 0 aliphatic carbocycles. The fraction of sp³-hybridized carbons (Fsp3) is 0.611. The first-order valence-electron chi connectivity index (χ1n) is 8.65. The molecule has 0 bridgehead atoms. The molecule has 1 heterocycles. The first kappa shape index (κ1) is 18.7. The van der Waals surface area contributed by atoms with Crippen molar-refractivity contribution in [1.29, 1.82) is 0 Å². The van der Waals surface area contributed by atoms with Crippen LogP contribution in [-0.2, 0) is 0 Å². The van der Waals surface area contributed by atoms with E-state index in [-0.39, 0.29) is 18.4 Å². The van der Waals surface area contributed by atoms with Gasteiger partial charge >= 0.3 is 6.03 Å². The minimum Gasteiger partial charge on any atom is -0.387 e. The Hall–Kier alpha value is -1.66. The van der Waals surface area contributed by atoms with Crippen molar-refractivity contribution in [1.82, 2.24) is 15.5 Å². The third kappa shape index (κ3) is 5.76. The summed E-state index contributed by atoms with van der Waals surface area (Å²) in [5.41, 5.74) is 0.576. The second-order valence-corrected chi connectivity index (χ2v) is 6.73. The van der Waals surface area contributed by atoms with Gasteiger partial charge in [0.05, 0.1) is 6.10 Å². The molecule has 2 atom stereocenters. The highest BCUT2D eigenvalue weighted by atomic mass is 19.1. The molecule has 0 aromatic heterocycles. The predicted molar refractivity (Wildman–Crippen MR) is 92.2 cm³/mol. The number of nitrogens with one attached hydrogen (secondary N) is 2. The Balaban J connectivity index is 1.66. The second kappa shape index (κ2) is 8.99. The average Bonchev–Trinajstić information content (AvgIpc) is 2.58. The highest BCUT2D eigenvalue weighted by Gasteiger charge is 2.20. The van der Waals surface area contributed by atoms with Crippen LogP contribution >= 0.6 is 0 Å². The summed E-state index contributed by atoms with van der Waals surface area (Å²) in [6.07, 6.45) is 1.57. The third-order valence-electron chi connectivity index (χ3n) is 4.71. The van der Waals surface area contributed by atoms with Crippen LogP contribution in [0.25, 0.3) is 0 Å². The lowest BCUT2D eigenvalue weighted by molar-refractivity contribution is 0.144. The Morgan fingerprint density at radius 3 is 2.46 bits per heavy atom. The molecule has 2 unspecified atom stereocenters. The zero-order chi connectivity index (χ0) is 17.5. The summed E-state index contributed by atoms with van der Waals surface area (Å²) in [5.74, 6) is 0.440. The van der Waals surface area contributed by atoms with Gasteiger partial charge in [0, 0.05) is 19.1 Å². The molecule has 0 saturated carbocycles. The number of amides is 2. The topological polar surface area (TPSA) is 64.6 Å². The van der Waals surface area contributed by atoms with Gasteiger partial charge in [-0.1, -0.05) is 19.1 Å². The van der Waals surface area contributed by atoms with Gasteiger partial charge < -0.3 is 15.7 Å². The van der Waals surface area contributed by atoms with Gasteiger partial charge in [0.15, 0.2) is 0 Å². The van der Waals surface area contributed by atoms with E-state index in [1.807, 2.05) is 0 Å². The molecule has 1 saturated heterocycles. The third-order valence-corrected chi connectivity index (χ3v) is 4.71. The van der Waals surface area contributed by atoms with Crippen molar-refractivity contribution in [3.8, 4) is 0 Å². The van der Waals surface area contributed by atoms with E-state index in [4.69, 9.17) is 0 Å². The molecule has 134 valence electrons. The van der Waals surface area contributed by atoms with Crippen LogP contribution in [0.1, 0.15) is 38.4 Å². The maximum atomic E-state index is 12.8. The van der Waals surface area contributed by atoms with Crippen LogP contribution in [0.5, 0.6) is 0 Å². The van der Waals surface area contributed by atoms with E-state index in [1.54, 1.807) is 0 Å². The number of halogens is 1.